The van der Waals surface area contributed by atoms with Gasteiger partial charge in [-0.1, -0.05) is 41.4 Å². The van der Waals surface area contributed by atoms with E-state index in [9.17, 15) is 5.11 Å². The second kappa shape index (κ2) is 6.08. The molecule has 0 aliphatic carbocycles. The van der Waals surface area contributed by atoms with Crippen molar-refractivity contribution >= 4 is 11.6 Å². The summed E-state index contributed by atoms with van der Waals surface area (Å²) in [6, 6.07) is 12.1. The van der Waals surface area contributed by atoms with Gasteiger partial charge in [0.1, 0.15) is 5.75 Å². The number of rotatable bonds is 4. The molecule has 1 aliphatic rings. The first-order valence-electron chi connectivity index (χ1n) is 7.29. The molecule has 2 nitrogen and oxygen atoms in total. The number of hydrogen-bond donors (Lipinski definition) is 1. The summed E-state index contributed by atoms with van der Waals surface area (Å²) in [7, 11) is 0. The zero-order valence-corrected chi connectivity index (χ0v) is 12.9. The Morgan fingerprint density at radius 3 is 2.90 bits per heavy atom. The molecule has 1 aliphatic heterocycles. The summed E-state index contributed by atoms with van der Waals surface area (Å²) >= 11 is 6.16. The molecule has 0 saturated heterocycles. The smallest absolute Gasteiger partial charge is 0.126 e. The van der Waals surface area contributed by atoms with E-state index in [4.69, 9.17) is 16.3 Å². The van der Waals surface area contributed by atoms with Crippen LogP contribution in [0.25, 0.3) is 0 Å². The molecule has 21 heavy (non-hydrogen) atoms. The third kappa shape index (κ3) is 3.39. The van der Waals surface area contributed by atoms with Crippen LogP contribution in [0.15, 0.2) is 36.4 Å². The molecule has 0 spiro atoms. The van der Waals surface area contributed by atoms with Gasteiger partial charge in [-0.15, -0.1) is 0 Å². The van der Waals surface area contributed by atoms with Crippen molar-refractivity contribution in [3.8, 4) is 5.75 Å². The fraction of sp³-hybridized carbons (Fsp3) is 0.333. The highest BCUT2D eigenvalue weighted by Crippen LogP contribution is 2.33. The Balaban J connectivity index is 1.75. The average molecular weight is 303 g/mol. The Labute approximate surface area is 130 Å². The minimum Gasteiger partial charge on any atom is -0.493 e. The molecule has 1 heterocycles. The number of aliphatic hydroxyl groups is 1. The molecule has 2 aromatic carbocycles. The first-order valence-corrected chi connectivity index (χ1v) is 7.67. The van der Waals surface area contributed by atoms with Gasteiger partial charge in [0.05, 0.1) is 12.7 Å². The zero-order chi connectivity index (χ0) is 14.8. The van der Waals surface area contributed by atoms with Crippen LogP contribution in [0.4, 0.5) is 0 Å². The van der Waals surface area contributed by atoms with Gasteiger partial charge in [-0.3, -0.25) is 0 Å². The van der Waals surface area contributed by atoms with E-state index in [-0.39, 0.29) is 0 Å². The van der Waals surface area contributed by atoms with E-state index in [1.807, 2.05) is 18.2 Å². The number of halogens is 1. The summed E-state index contributed by atoms with van der Waals surface area (Å²) in [5.74, 6) is 0.919. The van der Waals surface area contributed by atoms with Gasteiger partial charge in [0.2, 0.25) is 0 Å². The Kier molecular flexibility index (Phi) is 4.18. The fourth-order valence-corrected chi connectivity index (χ4v) is 3.20. The number of benzene rings is 2. The van der Waals surface area contributed by atoms with Crippen LogP contribution < -0.4 is 4.74 Å². The molecule has 3 heteroatoms. The van der Waals surface area contributed by atoms with Gasteiger partial charge in [0.25, 0.3) is 0 Å². The van der Waals surface area contributed by atoms with Crippen molar-refractivity contribution in [3.63, 3.8) is 0 Å². The highest BCUT2D eigenvalue weighted by atomic mass is 35.5. The van der Waals surface area contributed by atoms with Gasteiger partial charge in [-0.05, 0) is 42.2 Å². The second-order valence-corrected chi connectivity index (χ2v) is 6.14. The highest BCUT2D eigenvalue weighted by molar-refractivity contribution is 6.30. The molecule has 3 rings (SSSR count). The third-order valence-electron chi connectivity index (χ3n) is 3.83. The van der Waals surface area contributed by atoms with Gasteiger partial charge >= 0.3 is 0 Å². The molecule has 1 unspecified atom stereocenters. The Morgan fingerprint density at radius 2 is 2.10 bits per heavy atom. The number of fused-ring (bicyclic) bond motifs is 1. The van der Waals surface area contributed by atoms with Gasteiger partial charge in [0, 0.05) is 17.9 Å². The summed E-state index contributed by atoms with van der Waals surface area (Å²) in [4.78, 5) is 0. The van der Waals surface area contributed by atoms with Crippen molar-refractivity contribution < 1.29 is 9.84 Å². The molecular formula is C18H19ClO2. The van der Waals surface area contributed by atoms with Crippen molar-refractivity contribution in [2.45, 2.75) is 32.3 Å². The van der Waals surface area contributed by atoms with E-state index in [1.165, 1.54) is 5.56 Å². The fourth-order valence-electron chi connectivity index (χ4n) is 2.93. The van der Waals surface area contributed by atoms with Crippen LogP contribution in [-0.2, 0) is 19.3 Å². The highest BCUT2D eigenvalue weighted by Gasteiger charge is 2.19. The lowest BCUT2D eigenvalue weighted by Crippen LogP contribution is -2.14. The maximum Gasteiger partial charge on any atom is 0.126 e. The van der Waals surface area contributed by atoms with E-state index < -0.39 is 6.10 Å². The normalized spacial score (nSPS) is 14.6. The Morgan fingerprint density at radius 1 is 1.24 bits per heavy atom. The zero-order valence-electron chi connectivity index (χ0n) is 12.1. The van der Waals surface area contributed by atoms with E-state index >= 15 is 0 Å². The molecule has 1 N–H and O–H groups in total. The minimum atomic E-state index is -0.432. The van der Waals surface area contributed by atoms with Crippen molar-refractivity contribution in [3.05, 3.63) is 63.7 Å². The van der Waals surface area contributed by atoms with Gasteiger partial charge in [-0.2, -0.15) is 0 Å². The molecule has 1 atom stereocenters. The number of aliphatic hydroxyl groups excluding tert-OH is 1. The van der Waals surface area contributed by atoms with E-state index in [2.05, 4.69) is 25.1 Å². The van der Waals surface area contributed by atoms with Crippen LogP contribution in [0.5, 0.6) is 5.75 Å². The largest absolute Gasteiger partial charge is 0.493 e. The number of aryl methyl sites for hydroxylation is 1. The van der Waals surface area contributed by atoms with Crippen LogP contribution in [-0.4, -0.2) is 17.8 Å². The summed E-state index contributed by atoms with van der Waals surface area (Å²) in [5.41, 5.74) is 4.53. The lowest BCUT2D eigenvalue weighted by atomic mass is 9.98. The average Bonchev–Trinajstić information content (AvgIpc) is 2.86. The van der Waals surface area contributed by atoms with Gasteiger partial charge in [0.15, 0.2) is 0 Å². The summed E-state index contributed by atoms with van der Waals surface area (Å²) in [5, 5.41) is 11.1. The quantitative estimate of drug-likeness (QED) is 0.932. The van der Waals surface area contributed by atoms with E-state index in [0.717, 1.165) is 33.9 Å². The third-order valence-corrected chi connectivity index (χ3v) is 4.05. The summed E-state index contributed by atoms with van der Waals surface area (Å²) in [6.07, 6.45) is 1.68. The molecule has 0 radical (unpaired) electrons. The minimum absolute atomic E-state index is 0.432. The SMILES string of the molecule is Cc1cccc(CC(O)Cc2cc(Cl)cc3c2OCC3)c1. The number of hydrogen-bond acceptors (Lipinski definition) is 2. The first kappa shape index (κ1) is 14.4. The molecule has 0 aromatic heterocycles. The van der Waals surface area contributed by atoms with Gasteiger partial charge < -0.3 is 9.84 Å². The van der Waals surface area contributed by atoms with Crippen LogP contribution in [0.1, 0.15) is 22.3 Å². The monoisotopic (exact) mass is 302 g/mol. The first-order chi connectivity index (χ1) is 10.1. The molecule has 0 saturated carbocycles. The van der Waals surface area contributed by atoms with Crippen molar-refractivity contribution in [1.29, 1.82) is 0 Å². The Bertz CT molecular complexity index is 652. The van der Waals surface area contributed by atoms with Crippen LogP contribution in [0.2, 0.25) is 5.02 Å². The standard InChI is InChI=1S/C18H19ClO2/c1-12-3-2-4-13(7-12)8-17(20)11-15-10-16(19)9-14-5-6-21-18(14)15/h2-4,7,9-10,17,20H,5-6,8,11H2,1H3. The van der Waals surface area contributed by atoms with Crippen LogP contribution >= 0.6 is 11.6 Å². The van der Waals surface area contributed by atoms with Crippen molar-refractivity contribution in [2.75, 3.05) is 6.61 Å². The van der Waals surface area contributed by atoms with Crippen molar-refractivity contribution in [2.24, 2.45) is 0 Å². The molecule has 0 fully saturated rings. The number of ether oxygens (including phenoxy) is 1. The molecule has 0 amide bonds. The lowest BCUT2D eigenvalue weighted by molar-refractivity contribution is 0.174. The van der Waals surface area contributed by atoms with Crippen LogP contribution in [0.3, 0.4) is 0 Å². The summed E-state index contributed by atoms with van der Waals surface area (Å²) in [6.45, 7) is 2.77. The Hall–Kier alpha value is -1.51. The predicted octanol–water partition coefficient (Wildman–Crippen LogP) is 3.73. The van der Waals surface area contributed by atoms with Gasteiger partial charge in [-0.25, -0.2) is 0 Å². The predicted molar refractivity (Wildman–Crippen MR) is 85.2 cm³/mol. The maximum absolute atomic E-state index is 10.4. The van der Waals surface area contributed by atoms with E-state index in [0.29, 0.717) is 19.4 Å². The van der Waals surface area contributed by atoms with Crippen molar-refractivity contribution in [1.82, 2.24) is 0 Å². The molecule has 110 valence electrons. The lowest BCUT2D eigenvalue weighted by Gasteiger charge is -2.14. The summed E-state index contributed by atoms with van der Waals surface area (Å²) < 4.78 is 5.69. The van der Waals surface area contributed by atoms with E-state index in [1.54, 1.807) is 0 Å². The molecular weight excluding hydrogens is 284 g/mol. The second-order valence-electron chi connectivity index (χ2n) is 5.70. The maximum atomic E-state index is 10.4. The molecule has 2 aromatic rings. The molecule has 0 bridgehead atoms. The topological polar surface area (TPSA) is 29.5 Å². The van der Waals surface area contributed by atoms with Crippen LogP contribution in [0, 0.1) is 6.92 Å².